The number of hydrogen-bond donors (Lipinski definition) is 1. The van der Waals surface area contributed by atoms with E-state index in [2.05, 4.69) is 40.2 Å². The summed E-state index contributed by atoms with van der Waals surface area (Å²) in [5.74, 6) is 0. The first-order valence-electron chi connectivity index (χ1n) is 5.04. The molecule has 0 aliphatic heterocycles. The van der Waals surface area contributed by atoms with E-state index in [1.807, 2.05) is 10.9 Å². The van der Waals surface area contributed by atoms with Gasteiger partial charge in [0.2, 0.25) is 0 Å². The Morgan fingerprint density at radius 1 is 1.53 bits per heavy atom. The molecular weight excluding hydrogens is 258 g/mol. The molecule has 2 unspecified atom stereocenters. The van der Waals surface area contributed by atoms with Crippen LogP contribution in [0.2, 0.25) is 0 Å². The van der Waals surface area contributed by atoms with E-state index in [9.17, 15) is 0 Å². The van der Waals surface area contributed by atoms with Gasteiger partial charge in [0, 0.05) is 25.4 Å². The Bertz CT molecular complexity index is 290. The second-order valence-corrected chi connectivity index (χ2v) is 4.72. The number of hydrogen-bond acceptors (Lipinski definition) is 3. The van der Waals surface area contributed by atoms with Gasteiger partial charge < -0.3 is 10.1 Å². The molecule has 1 heterocycles. The Morgan fingerprint density at radius 2 is 2.27 bits per heavy atom. The van der Waals surface area contributed by atoms with Gasteiger partial charge in [0.15, 0.2) is 0 Å². The molecule has 0 aromatic carbocycles. The average molecular weight is 276 g/mol. The highest BCUT2D eigenvalue weighted by Gasteiger charge is 2.08. The second kappa shape index (κ2) is 6.25. The molecule has 15 heavy (non-hydrogen) atoms. The molecule has 0 bridgehead atoms. The minimum atomic E-state index is 0.365. The van der Waals surface area contributed by atoms with E-state index in [0.29, 0.717) is 12.1 Å². The lowest BCUT2D eigenvalue weighted by Crippen LogP contribution is -2.39. The van der Waals surface area contributed by atoms with Crippen LogP contribution in [0.4, 0.5) is 0 Å². The molecule has 0 spiro atoms. The van der Waals surface area contributed by atoms with Crippen LogP contribution < -0.4 is 5.32 Å². The molecule has 0 radical (unpaired) electrons. The standard InChI is InChI=1S/C10H18BrN3O/c1-8(13-9(2)7-15-3)5-14-6-10(11)4-12-14/h4,6,8-9,13H,5,7H2,1-3H3. The van der Waals surface area contributed by atoms with E-state index in [4.69, 9.17) is 4.74 Å². The molecule has 0 aliphatic rings. The van der Waals surface area contributed by atoms with E-state index in [1.54, 1.807) is 13.3 Å². The number of halogens is 1. The molecule has 1 aromatic rings. The van der Waals surface area contributed by atoms with Gasteiger partial charge in [-0.1, -0.05) is 0 Å². The van der Waals surface area contributed by atoms with Gasteiger partial charge in [-0.25, -0.2) is 0 Å². The summed E-state index contributed by atoms with van der Waals surface area (Å²) in [5, 5.41) is 7.64. The van der Waals surface area contributed by atoms with Crippen molar-refractivity contribution < 1.29 is 4.74 Å². The molecule has 5 heteroatoms. The molecule has 0 fully saturated rings. The van der Waals surface area contributed by atoms with Crippen molar-refractivity contribution in [2.75, 3.05) is 13.7 Å². The van der Waals surface area contributed by atoms with Crippen LogP contribution in [0.1, 0.15) is 13.8 Å². The zero-order chi connectivity index (χ0) is 11.3. The fraction of sp³-hybridized carbons (Fsp3) is 0.700. The van der Waals surface area contributed by atoms with Crippen molar-refractivity contribution >= 4 is 15.9 Å². The van der Waals surface area contributed by atoms with E-state index < -0.39 is 0 Å². The van der Waals surface area contributed by atoms with Gasteiger partial charge in [0.25, 0.3) is 0 Å². The first-order valence-corrected chi connectivity index (χ1v) is 5.84. The number of nitrogens with zero attached hydrogens (tertiary/aromatic N) is 2. The van der Waals surface area contributed by atoms with Crippen molar-refractivity contribution in [3.8, 4) is 0 Å². The highest BCUT2D eigenvalue weighted by atomic mass is 79.9. The van der Waals surface area contributed by atoms with Crippen molar-refractivity contribution in [3.63, 3.8) is 0 Å². The Kier molecular flexibility index (Phi) is 5.28. The van der Waals surface area contributed by atoms with Crippen LogP contribution in [0.5, 0.6) is 0 Å². The minimum absolute atomic E-state index is 0.365. The summed E-state index contributed by atoms with van der Waals surface area (Å²) < 4.78 is 8.00. The molecule has 0 saturated heterocycles. The first kappa shape index (κ1) is 12.7. The molecule has 1 N–H and O–H groups in total. The SMILES string of the molecule is COCC(C)NC(C)Cn1cc(Br)cn1. The van der Waals surface area contributed by atoms with Gasteiger partial charge in [0.1, 0.15) is 0 Å². The quantitative estimate of drug-likeness (QED) is 0.859. The van der Waals surface area contributed by atoms with Crippen LogP contribution in [0, 0.1) is 0 Å². The maximum Gasteiger partial charge on any atom is 0.0632 e. The molecule has 0 amide bonds. The lowest BCUT2D eigenvalue weighted by Gasteiger charge is -2.19. The second-order valence-electron chi connectivity index (χ2n) is 3.80. The molecule has 2 atom stereocenters. The first-order chi connectivity index (χ1) is 7.11. The van der Waals surface area contributed by atoms with Crippen molar-refractivity contribution in [2.24, 2.45) is 0 Å². The average Bonchev–Trinajstić information content (AvgIpc) is 2.51. The van der Waals surface area contributed by atoms with Gasteiger partial charge in [-0.3, -0.25) is 4.68 Å². The molecule has 1 rings (SSSR count). The van der Waals surface area contributed by atoms with Crippen molar-refractivity contribution in [1.82, 2.24) is 15.1 Å². The highest BCUT2D eigenvalue weighted by molar-refractivity contribution is 9.10. The van der Waals surface area contributed by atoms with Crippen LogP contribution >= 0.6 is 15.9 Å². The smallest absolute Gasteiger partial charge is 0.0632 e. The molecule has 0 saturated carbocycles. The van der Waals surface area contributed by atoms with Crippen LogP contribution in [0.15, 0.2) is 16.9 Å². The number of rotatable bonds is 6. The molecule has 1 aromatic heterocycles. The summed E-state index contributed by atoms with van der Waals surface area (Å²) in [6.07, 6.45) is 3.77. The minimum Gasteiger partial charge on any atom is -0.383 e. The fourth-order valence-electron chi connectivity index (χ4n) is 1.56. The zero-order valence-electron chi connectivity index (χ0n) is 9.40. The van der Waals surface area contributed by atoms with Gasteiger partial charge in [-0.05, 0) is 29.8 Å². The lowest BCUT2D eigenvalue weighted by molar-refractivity contribution is 0.165. The predicted molar refractivity (Wildman–Crippen MR) is 63.9 cm³/mol. The lowest BCUT2D eigenvalue weighted by atomic mass is 10.2. The maximum absolute atomic E-state index is 5.07. The summed E-state index contributed by atoms with van der Waals surface area (Å²) in [7, 11) is 1.72. The zero-order valence-corrected chi connectivity index (χ0v) is 11.0. The number of nitrogens with one attached hydrogen (secondary N) is 1. The van der Waals surface area contributed by atoms with E-state index in [0.717, 1.165) is 17.6 Å². The highest BCUT2D eigenvalue weighted by Crippen LogP contribution is 2.06. The van der Waals surface area contributed by atoms with Crippen molar-refractivity contribution in [1.29, 1.82) is 0 Å². The summed E-state index contributed by atoms with van der Waals surface area (Å²) >= 11 is 3.37. The van der Waals surface area contributed by atoms with Gasteiger partial charge in [0.05, 0.1) is 23.8 Å². The Balaban J connectivity index is 2.32. The van der Waals surface area contributed by atoms with Gasteiger partial charge in [-0.2, -0.15) is 5.10 Å². The summed E-state index contributed by atoms with van der Waals surface area (Å²) in [6, 6.07) is 0.742. The monoisotopic (exact) mass is 275 g/mol. The van der Waals surface area contributed by atoms with Crippen molar-refractivity contribution in [2.45, 2.75) is 32.5 Å². The Labute approximate surface area is 99.1 Å². The summed E-state index contributed by atoms with van der Waals surface area (Å²) in [4.78, 5) is 0. The van der Waals surface area contributed by atoms with Gasteiger partial charge >= 0.3 is 0 Å². The molecule has 0 aliphatic carbocycles. The third kappa shape index (κ3) is 4.77. The number of ether oxygens (including phenoxy) is 1. The Hall–Kier alpha value is -0.390. The third-order valence-electron chi connectivity index (χ3n) is 2.05. The number of methoxy groups -OCH3 is 1. The molecule has 86 valence electrons. The van der Waals surface area contributed by atoms with Crippen molar-refractivity contribution in [3.05, 3.63) is 16.9 Å². The normalized spacial score (nSPS) is 15.2. The van der Waals surface area contributed by atoms with Crippen LogP contribution in [0.3, 0.4) is 0 Å². The topological polar surface area (TPSA) is 39.1 Å². The molecular formula is C10H18BrN3O. The largest absolute Gasteiger partial charge is 0.383 e. The molecule has 4 nitrogen and oxygen atoms in total. The number of aromatic nitrogens is 2. The third-order valence-corrected chi connectivity index (χ3v) is 2.46. The Morgan fingerprint density at radius 3 is 2.80 bits per heavy atom. The summed E-state index contributed by atoms with van der Waals surface area (Å²) in [6.45, 7) is 5.84. The van der Waals surface area contributed by atoms with Crippen LogP contribution in [0.25, 0.3) is 0 Å². The maximum atomic E-state index is 5.07. The van der Waals surface area contributed by atoms with E-state index in [1.165, 1.54) is 0 Å². The van der Waals surface area contributed by atoms with Gasteiger partial charge in [-0.15, -0.1) is 0 Å². The predicted octanol–water partition coefficient (Wildman–Crippen LogP) is 1.66. The van der Waals surface area contributed by atoms with Crippen LogP contribution in [-0.2, 0) is 11.3 Å². The van der Waals surface area contributed by atoms with E-state index >= 15 is 0 Å². The fourth-order valence-corrected chi connectivity index (χ4v) is 1.88. The van der Waals surface area contributed by atoms with E-state index in [-0.39, 0.29) is 0 Å². The summed E-state index contributed by atoms with van der Waals surface area (Å²) in [5.41, 5.74) is 0. The van der Waals surface area contributed by atoms with Crippen LogP contribution in [-0.4, -0.2) is 35.6 Å².